The maximum atomic E-state index is 11.1. The molecule has 0 atom stereocenters. The molecule has 0 bridgehead atoms. The number of rotatable bonds is 3. The monoisotopic (exact) mass is 240 g/mol. The predicted molar refractivity (Wildman–Crippen MR) is 71.2 cm³/mol. The van der Waals surface area contributed by atoms with Crippen molar-refractivity contribution in [3.05, 3.63) is 35.4 Å². The van der Waals surface area contributed by atoms with Gasteiger partial charge in [0.1, 0.15) is 0 Å². The molecule has 3 heteroatoms. The van der Waals surface area contributed by atoms with Gasteiger partial charge in [-0.05, 0) is 17.7 Å². The zero-order valence-electron chi connectivity index (χ0n) is 11.7. The SMILES string of the molecule is CC.CC.COCc1cccc(C(=O)OC)c1. The standard InChI is InChI=1S/C10H12O3.2C2H6/c1-12-7-8-4-3-5-9(6-8)10(11)13-2;2*1-2/h3-6H,7H2,1-2H3;2*1-2H3. The van der Waals surface area contributed by atoms with E-state index in [1.807, 2.05) is 33.8 Å². The van der Waals surface area contributed by atoms with Gasteiger partial charge >= 0.3 is 5.97 Å². The molecule has 0 aliphatic rings. The Morgan fingerprint density at radius 3 is 2.18 bits per heavy atom. The van der Waals surface area contributed by atoms with E-state index in [0.717, 1.165) is 5.56 Å². The maximum Gasteiger partial charge on any atom is 0.337 e. The molecule has 0 spiro atoms. The summed E-state index contributed by atoms with van der Waals surface area (Å²) in [7, 11) is 2.98. The number of ether oxygens (including phenoxy) is 2. The molecule has 0 N–H and O–H groups in total. The van der Waals surface area contributed by atoms with E-state index in [0.29, 0.717) is 12.2 Å². The summed E-state index contributed by atoms with van der Waals surface area (Å²) in [6, 6.07) is 7.18. The van der Waals surface area contributed by atoms with E-state index in [-0.39, 0.29) is 5.97 Å². The van der Waals surface area contributed by atoms with Crippen LogP contribution >= 0.6 is 0 Å². The Hall–Kier alpha value is -1.35. The van der Waals surface area contributed by atoms with Gasteiger partial charge in [-0.15, -0.1) is 0 Å². The van der Waals surface area contributed by atoms with Crippen LogP contribution in [0.5, 0.6) is 0 Å². The van der Waals surface area contributed by atoms with E-state index < -0.39 is 0 Å². The van der Waals surface area contributed by atoms with Crippen LogP contribution < -0.4 is 0 Å². The lowest BCUT2D eigenvalue weighted by Crippen LogP contribution is -2.01. The minimum atomic E-state index is -0.321. The Labute approximate surface area is 105 Å². The lowest BCUT2D eigenvalue weighted by Gasteiger charge is -2.02. The zero-order valence-corrected chi connectivity index (χ0v) is 11.7. The minimum Gasteiger partial charge on any atom is -0.465 e. The number of methoxy groups -OCH3 is 2. The van der Waals surface area contributed by atoms with Gasteiger partial charge in [0.15, 0.2) is 0 Å². The average Bonchev–Trinajstić information content (AvgIpc) is 2.43. The van der Waals surface area contributed by atoms with Crippen LogP contribution in [0.2, 0.25) is 0 Å². The summed E-state index contributed by atoms with van der Waals surface area (Å²) in [5, 5.41) is 0. The lowest BCUT2D eigenvalue weighted by atomic mass is 10.1. The molecular formula is C14H24O3. The quantitative estimate of drug-likeness (QED) is 0.756. The molecule has 0 saturated heterocycles. The van der Waals surface area contributed by atoms with Crippen molar-refractivity contribution in [1.29, 1.82) is 0 Å². The Balaban J connectivity index is 0. The summed E-state index contributed by atoms with van der Waals surface area (Å²) in [6.45, 7) is 8.50. The van der Waals surface area contributed by atoms with Crippen molar-refractivity contribution in [2.45, 2.75) is 34.3 Å². The first-order chi connectivity index (χ1) is 8.27. The number of esters is 1. The van der Waals surface area contributed by atoms with Gasteiger partial charge < -0.3 is 9.47 Å². The van der Waals surface area contributed by atoms with Crippen molar-refractivity contribution in [2.75, 3.05) is 14.2 Å². The topological polar surface area (TPSA) is 35.5 Å². The van der Waals surface area contributed by atoms with Gasteiger partial charge in [-0.1, -0.05) is 39.8 Å². The molecular weight excluding hydrogens is 216 g/mol. The fourth-order valence-electron chi connectivity index (χ4n) is 1.07. The third-order valence-electron chi connectivity index (χ3n) is 1.66. The molecule has 1 aromatic rings. The molecule has 0 fully saturated rings. The second-order valence-corrected chi connectivity index (χ2v) is 2.62. The van der Waals surface area contributed by atoms with Crippen LogP contribution in [0.1, 0.15) is 43.6 Å². The van der Waals surface area contributed by atoms with Gasteiger partial charge in [0, 0.05) is 7.11 Å². The van der Waals surface area contributed by atoms with E-state index in [4.69, 9.17) is 4.74 Å². The third kappa shape index (κ3) is 7.53. The molecule has 0 heterocycles. The molecule has 0 aromatic heterocycles. The van der Waals surface area contributed by atoms with Gasteiger partial charge in [0.25, 0.3) is 0 Å². The van der Waals surface area contributed by atoms with Gasteiger partial charge in [-0.3, -0.25) is 0 Å². The molecule has 0 amide bonds. The van der Waals surface area contributed by atoms with Crippen LogP contribution in [0.3, 0.4) is 0 Å². The van der Waals surface area contributed by atoms with Crippen molar-refractivity contribution in [2.24, 2.45) is 0 Å². The summed E-state index contributed by atoms with van der Waals surface area (Å²) in [4.78, 5) is 11.1. The average molecular weight is 240 g/mol. The van der Waals surface area contributed by atoms with Crippen LogP contribution in [-0.4, -0.2) is 20.2 Å². The van der Waals surface area contributed by atoms with Gasteiger partial charge in [-0.25, -0.2) is 4.79 Å². The summed E-state index contributed by atoms with van der Waals surface area (Å²) in [5.41, 5.74) is 1.52. The van der Waals surface area contributed by atoms with Crippen LogP contribution in [0.15, 0.2) is 24.3 Å². The summed E-state index contributed by atoms with van der Waals surface area (Å²) < 4.78 is 9.53. The molecule has 1 rings (SSSR count). The van der Waals surface area contributed by atoms with E-state index in [1.54, 1.807) is 25.3 Å². The fourth-order valence-corrected chi connectivity index (χ4v) is 1.07. The molecule has 98 valence electrons. The van der Waals surface area contributed by atoms with Crippen LogP contribution in [0.25, 0.3) is 0 Å². The first kappa shape index (κ1) is 18.0. The number of hydrogen-bond acceptors (Lipinski definition) is 3. The molecule has 1 aromatic carbocycles. The molecule has 0 radical (unpaired) electrons. The van der Waals surface area contributed by atoms with Crippen LogP contribution in [0.4, 0.5) is 0 Å². The van der Waals surface area contributed by atoms with Gasteiger partial charge in [0.05, 0.1) is 19.3 Å². The van der Waals surface area contributed by atoms with Crippen LogP contribution in [0, 0.1) is 0 Å². The number of hydrogen-bond donors (Lipinski definition) is 0. The highest BCUT2D eigenvalue weighted by molar-refractivity contribution is 5.89. The molecule has 0 saturated carbocycles. The molecule has 3 nitrogen and oxygen atoms in total. The Morgan fingerprint density at radius 1 is 1.12 bits per heavy atom. The second kappa shape index (κ2) is 12.7. The van der Waals surface area contributed by atoms with Crippen molar-refractivity contribution in [3.63, 3.8) is 0 Å². The van der Waals surface area contributed by atoms with Crippen molar-refractivity contribution >= 4 is 5.97 Å². The molecule has 17 heavy (non-hydrogen) atoms. The predicted octanol–water partition coefficient (Wildman–Crippen LogP) is 3.67. The van der Waals surface area contributed by atoms with Crippen molar-refractivity contribution in [1.82, 2.24) is 0 Å². The van der Waals surface area contributed by atoms with E-state index in [1.165, 1.54) is 7.11 Å². The minimum absolute atomic E-state index is 0.321. The summed E-state index contributed by atoms with van der Waals surface area (Å²) >= 11 is 0. The number of carbonyl (C=O) groups is 1. The van der Waals surface area contributed by atoms with Crippen LogP contribution in [-0.2, 0) is 16.1 Å². The van der Waals surface area contributed by atoms with Gasteiger partial charge in [0.2, 0.25) is 0 Å². The first-order valence-electron chi connectivity index (χ1n) is 5.94. The lowest BCUT2D eigenvalue weighted by molar-refractivity contribution is 0.0600. The number of benzene rings is 1. The maximum absolute atomic E-state index is 11.1. The van der Waals surface area contributed by atoms with E-state index in [2.05, 4.69) is 4.74 Å². The molecule has 0 unspecified atom stereocenters. The van der Waals surface area contributed by atoms with Crippen molar-refractivity contribution in [3.8, 4) is 0 Å². The Bertz CT molecular complexity index is 295. The highest BCUT2D eigenvalue weighted by atomic mass is 16.5. The van der Waals surface area contributed by atoms with E-state index >= 15 is 0 Å². The van der Waals surface area contributed by atoms with Crippen molar-refractivity contribution < 1.29 is 14.3 Å². The normalized spacial score (nSPS) is 8.12. The largest absolute Gasteiger partial charge is 0.465 e. The third-order valence-corrected chi connectivity index (χ3v) is 1.66. The Kier molecular flexibility index (Phi) is 13.5. The second-order valence-electron chi connectivity index (χ2n) is 2.62. The highest BCUT2D eigenvalue weighted by Gasteiger charge is 2.04. The van der Waals surface area contributed by atoms with E-state index in [9.17, 15) is 4.79 Å². The highest BCUT2D eigenvalue weighted by Crippen LogP contribution is 2.07. The summed E-state index contributed by atoms with van der Waals surface area (Å²) in [6.07, 6.45) is 0. The molecule has 0 aliphatic heterocycles. The molecule has 0 aliphatic carbocycles. The first-order valence-corrected chi connectivity index (χ1v) is 5.94. The Morgan fingerprint density at radius 2 is 1.71 bits per heavy atom. The summed E-state index contributed by atoms with van der Waals surface area (Å²) in [5.74, 6) is -0.321. The smallest absolute Gasteiger partial charge is 0.337 e. The fraction of sp³-hybridized carbons (Fsp3) is 0.500. The zero-order chi connectivity index (χ0) is 13.7. The number of carbonyl (C=O) groups excluding carboxylic acids is 1. The van der Waals surface area contributed by atoms with Gasteiger partial charge in [-0.2, -0.15) is 0 Å².